The fourth-order valence-corrected chi connectivity index (χ4v) is 1.93. The Bertz CT molecular complexity index is 699. The average molecular weight is 318 g/mol. The number of nitrogens with zero attached hydrogens (tertiary/aromatic N) is 2. The molecule has 1 heterocycles. The van der Waals surface area contributed by atoms with Crippen LogP contribution in [0.15, 0.2) is 23.3 Å². The third kappa shape index (κ3) is 3.79. The van der Waals surface area contributed by atoms with Crippen LogP contribution in [0.1, 0.15) is 21.7 Å². The minimum atomic E-state index is -0.405. The average Bonchev–Trinajstić information content (AvgIpc) is 3.00. The minimum Gasteiger partial charge on any atom is -0.493 e. The van der Waals surface area contributed by atoms with E-state index >= 15 is 0 Å². The number of hydrazone groups is 1. The number of H-pyrrole nitrogens is 1. The zero-order valence-corrected chi connectivity index (χ0v) is 13.3. The van der Waals surface area contributed by atoms with Crippen LogP contribution in [0.25, 0.3) is 0 Å². The van der Waals surface area contributed by atoms with Gasteiger partial charge in [0.2, 0.25) is 5.75 Å². The fraction of sp³-hybridized carbons (Fsp3) is 0.267. The van der Waals surface area contributed by atoms with Gasteiger partial charge in [0, 0.05) is 11.3 Å². The zero-order valence-electron chi connectivity index (χ0n) is 13.3. The number of aromatic nitrogens is 2. The molecule has 2 N–H and O–H groups in total. The molecule has 0 unspecified atom stereocenters. The molecule has 1 aromatic heterocycles. The summed E-state index contributed by atoms with van der Waals surface area (Å²) in [7, 11) is 4.58. The van der Waals surface area contributed by atoms with E-state index in [2.05, 4.69) is 20.7 Å². The molecule has 0 aliphatic carbocycles. The molecule has 8 heteroatoms. The lowest BCUT2D eigenvalue weighted by Crippen LogP contribution is -2.18. The van der Waals surface area contributed by atoms with Crippen molar-refractivity contribution in [1.82, 2.24) is 15.6 Å². The van der Waals surface area contributed by atoms with Gasteiger partial charge in [-0.25, -0.2) is 5.43 Å². The number of ether oxygens (including phenoxy) is 3. The predicted octanol–water partition coefficient (Wildman–Crippen LogP) is 1.51. The molecular formula is C15H18N4O4. The van der Waals surface area contributed by atoms with Crippen LogP contribution in [0.4, 0.5) is 0 Å². The van der Waals surface area contributed by atoms with Crippen LogP contribution in [0.2, 0.25) is 0 Å². The van der Waals surface area contributed by atoms with Crippen molar-refractivity contribution in [3.8, 4) is 17.2 Å². The first kappa shape index (κ1) is 16.3. The van der Waals surface area contributed by atoms with Gasteiger partial charge < -0.3 is 14.2 Å². The Morgan fingerprint density at radius 1 is 1.17 bits per heavy atom. The number of aromatic amines is 1. The van der Waals surface area contributed by atoms with Gasteiger partial charge in [-0.3, -0.25) is 9.89 Å². The highest BCUT2D eigenvalue weighted by molar-refractivity contribution is 5.93. The normalized spacial score (nSPS) is 10.6. The molecule has 0 atom stereocenters. The summed E-state index contributed by atoms with van der Waals surface area (Å²) in [5.41, 5.74) is 4.14. The van der Waals surface area contributed by atoms with Gasteiger partial charge in [-0.15, -0.1) is 0 Å². The second kappa shape index (κ2) is 7.30. The Hall–Kier alpha value is -3.03. The number of amides is 1. The maximum Gasteiger partial charge on any atom is 0.291 e. The molecule has 1 amide bonds. The third-order valence-corrected chi connectivity index (χ3v) is 3.01. The summed E-state index contributed by atoms with van der Waals surface area (Å²) in [5, 5.41) is 10.4. The molecule has 2 aromatic rings. The van der Waals surface area contributed by atoms with Gasteiger partial charge >= 0.3 is 0 Å². The number of hydrogen-bond donors (Lipinski definition) is 2. The van der Waals surface area contributed by atoms with E-state index in [1.807, 2.05) is 6.92 Å². The van der Waals surface area contributed by atoms with Crippen molar-refractivity contribution in [2.24, 2.45) is 5.10 Å². The number of carbonyl (C=O) groups excluding carboxylic acids is 1. The minimum absolute atomic E-state index is 0.268. The summed E-state index contributed by atoms with van der Waals surface area (Å²) >= 11 is 0. The van der Waals surface area contributed by atoms with Crippen molar-refractivity contribution in [1.29, 1.82) is 0 Å². The monoisotopic (exact) mass is 318 g/mol. The number of benzene rings is 1. The number of rotatable bonds is 6. The Morgan fingerprint density at radius 3 is 2.30 bits per heavy atom. The molecule has 0 bridgehead atoms. The number of methoxy groups -OCH3 is 3. The SMILES string of the molecule is COc1cc(/C=N\NC(=O)c2cc(C)[nH]n2)cc(OC)c1OC. The van der Waals surface area contributed by atoms with Crippen LogP contribution in [0.3, 0.4) is 0 Å². The highest BCUT2D eigenvalue weighted by atomic mass is 16.5. The Balaban J connectivity index is 2.14. The highest BCUT2D eigenvalue weighted by Crippen LogP contribution is 2.37. The van der Waals surface area contributed by atoms with Crippen LogP contribution in [0.5, 0.6) is 17.2 Å². The Kier molecular flexibility index (Phi) is 5.19. The first-order chi connectivity index (χ1) is 11.1. The smallest absolute Gasteiger partial charge is 0.291 e. The number of aryl methyl sites for hydroxylation is 1. The number of hydrogen-bond acceptors (Lipinski definition) is 6. The van der Waals surface area contributed by atoms with E-state index in [9.17, 15) is 4.79 Å². The van der Waals surface area contributed by atoms with Gasteiger partial charge in [0.05, 0.1) is 27.5 Å². The van der Waals surface area contributed by atoms with E-state index in [-0.39, 0.29) is 5.69 Å². The van der Waals surface area contributed by atoms with E-state index in [0.717, 1.165) is 5.69 Å². The van der Waals surface area contributed by atoms with Crippen molar-refractivity contribution in [2.75, 3.05) is 21.3 Å². The predicted molar refractivity (Wildman–Crippen MR) is 84.5 cm³/mol. The van der Waals surface area contributed by atoms with Gasteiger partial charge in [0.1, 0.15) is 0 Å². The maximum atomic E-state index is 11.8. The first-order valence-corrected chi connectivity index (χ1v) is 6.74. The lowest BCUT2D eigenvalue weighted by atomic mass is 10.2. The topological polar surface area (TPSA) is 97.8 Å². The lowest BCUT2D eigenvalue weighted by Gasteiger charge is -2.12. The summed E-state index contributed by atoms with van der Waals surface area (Å²) in [6, 6.07) is 5.07. The molecule has 0 saturated heterocycles. The molecule has 8 nitrogen and oxygen atoms in total. The molecule has 23 heavy (non-hydrogen) atoms. The van der Waals surface area contributed by atoms with E-state index < -0.39 is 5.91 Å². The van der Waals surface area contributed by atoms with E-state index in [1.165, 1.54) is 27.5 Å². The molecule has 1 aromatic carbocycles. The fourth-order valence-electron chi connectivity index (χ4n) is 1.93. The quantitative estimate of drug-likeness (QED) is 0.621. The van der Waals surface area contributed by atoms with Crippen molar-refractivity contribution in [2.45, 2.75) is 6.92 Å². The summed E-state index contributed by atoms with van der Waals surface area (Å²) in [6.45, 7) is 1.81. The van der Waals surface area contributed by atoms with Crippen LogP contribution >= 0.6 is 0 Å². The molecule has 0 aliphatic rings. The highest BCUT2D eigenvalue weighted by Gasteiger charge is 2.12. The summed E-state index contributed by atoms with van der Waals surface area (Å²) in [5.74, 6) is 1.09. The van der Waals surface area contributed by atoms with E-state index in [0.29, 0.717) is 22.8 Å². The standard InChI is InChI=1S/C15H18N4O4/c1-9-5-11(18-17-9)15(20)19-16-8-10-6-12(21-2)14(23-4)13(7-10)22-3/h5-8H,1-4H3,(H,17,18)(H,19,20)/b16-8-. The van der Waals surface area contributed by atoms with Crippen molar-refractivity contribution >= 4 is 12.1 Å². The van der Waals surface area contributed by atoms with Crippen molar-refractivity contribution in [3.63, 3.8) is 0 Å². The van der Waals surface area contributed by atoms with Gasteiger partial charge in [0.25, 0.3) is 5.91 Å². The van der Waals surface area contributed by atoms with Crippen LogP contribution in [-0.4, -0.2) is 43.6 Å². The second-order valence-electron chi connectivity index (χ2n) is 4.59. The van der Waals surface area contributed by atoms with Crippen molar-refractivity contribution < 1.29 is 19.0 Å². The van der Waals surface area contributed by atoms with Gasteiger partial charge in [-0.2, -0.15) is 10.2 Å². The van der Waals surface area contributed by atoms with Crippen LogP contribution < -0.4 is 19.6 Å². The molecule has 0 aliphatic heterocycles. The Morgan fingerprint density at radius 2 is 1.83 bits per heavy atom. The molecular weight excluding hydrogens is 300 g/mol. The summed E-state index contributed by atoms with van der Waals surface area (Å²) in [4.78, 5) is 11.8. The van der Waals surface area contributed by atoms with Crippen LogP contribution in [-0.2, 0) is 0 Å². The van der Waals surface area contributed by atoms with Crippen LogP contribution in [0, 0.1) is 6.92 Å². The van der Waals surface area contributed by atoms with Gasteiger partial charge in [-0.05, 0) is 25.1 Å². The molecule has 2 rings (SSSR count). The van der Waals surface area contributed by atoms with E-state index in [4.69, 9.17) is 14.2 Å². The first-order valence-electron chi connectivity index (χ1n) is 6.74. The zero-order chi connectivity index (χ0) is 16.8. The van der Waals surface area contributed by atoms with Gasteiger partial charge in [0.15, 0.2) is 17.2 Å². The second-order valence-corrected chi connectivity index (χ2v) is 4.59. The van der Waals surface area contributed by atoms with Crippen molar-refractivity contribution in [3.05, 3.63) is 35.2 Å². The largest absolute Gasteiger partial charge is 0.493 e. The molecule has 122 valence electrons. The summed E-state index contributed by atoms with van der Waals surface area (Å²) < 4.78 is 15.7. The van der Waals surface area contributed by atoms with Gasteiger partial charge in [-0.1, -0.05) is 0 Å². The Labute approximate surface area is 133 Å². The third-order valence-electron chi connectivity index (χ3n) is 3.01. The van der Waals surface area contributed by atoms with E-state index in [1.54, 1.807) is 18.2 Å². The number of nitrogens with one attached hydrogen (secondary N) is 2. The molecule has 0 fully saturated rings. The lowest BCUT2D eigenvalue weighted by molar-refractivity contribution is 0.0950. The molecule has 0 radical (unpaired) electrons. The number of carbonyl (C=O) groups is 1. The maximum absolute atomic E-state index is 11.8. The molecule has 0 spiro atoms. The summed E-state index contributed by atoms with van der Waals surface area (Å²) in [6.07, 6.45) is 1.47. The molecule has 0 saturated carbocycles.